The van der Waals surface area contributed by atoms with Crippen molar-refractivity contribution in [2.75, 3.05) is 26.5 Å². The Morgan fingerprint density at radius 1 is 1.38 bits per heavy atom. The van der Waals surface area contributed by atoms with E-state index in [-0.39, 0.29) is 5.91 Å². The van der Waals surface area contributed by atoms with E-state index in [0.717, 1.165) is 12.1 Å². The van der Waals surface area contributed by atoms with Gasteiger partial charge in [0.15, 0.2) is 0 Å². The van der Waals surface area contributed by atoms with E-state index in [1.165, 1.54) is 0 Å². The average molecular weight is 293 g/mol. The van der Waals surface area contributed by atoms with E-state index < -0.39 is 6.04 Å². The molecule has 0 radical (unpaired) electrons. The molecule has 0 spiro atoms. The molecule has 1 amide bonds. The largest absolute Gasteiger partial charge is 0.495 e. The minimum absolute atomic E-state index is 0.177. The first-order valence-electron chi connectivity index (χ1n) is 7.21. The number of anilines is 1. The number of methoxy groups -OCH3 is 1. The van der Waals surface area contributed by atoms with Crippen LogP contribution >= 0.6 is 0 Å². The number of benzene rings is 1. The number of hydrogen-bond acceptors (Lipinski definition) is 4. The van der Waals surface area contributed by atoms with Gasteiger partial charge in [0.05, 0.1) is 18.8 Å². The molecule has 21 heavy (non-hydrogen) atoms. The minimum Gasteiger partial charge on any atom is -0.495 e. The van der Waals surface area contributed by atoms with Gasteiger partial charge in [0.2, 0.25) is 5.91 Å². The van der Waals surface area contributed by atoms with Gasteiger partial charge >= 0.3 is 0 Å². The van der Waals surface area contributed by atoms with Crippen molar-refractivity contribution >= 4 is 11.6 Å². The van der Waals surface area contributed by atoms with Gasteiger partial charge in [0.1, 0.15) is 5.75 Å². The second kappa shape index (κ2) is 8.00. The van der Waals surface area contributed by atoms with Gasteiger partial charge in [0.25, 0.3) is 0 Å². The summed E-state index contributed by atoms with van der Waals surface area (Å²) in [7, 11) is 5.59. The number of nitrogens with zero attached hydrogens (tertiary/aromatic N) is 1. The Kier molecular flexibility index (Phi) is 6.65. The SMILES string of the molecule is COc1ccc(CN(C)C)cc1NC(=O)[C@@H](N)CC(C)C. The number of amides is 1. The topological polar surface area (TPSA) is 67.6 Å². The van der Waals surface area contributed by atoms with Crippen LogP contribution in [-0.4, -0.2) is 38.1 Å². The molecule has 0 aromatic heterocycles. The number of ether oxygens (including phenoxy) is 1. The van der Waals surface area contributed by atoms with Gasteiger partial charge < -0.3 is 20.7 Å². The van der Waals surface area contributed by atoms with Crippen LogP contribution in [0.15, 0.2) is 18.2 Å². The summed E-state index contributed by atoms with van der Waals surface area (Å²) in [5.74, 6) is 0.847. The lowest BCUT2D eigenvalue weighted by Crippen LogP contribution is -2.36. The van der Waals surface area contributed by atoms with Crippen molar-refractivity contribution < 1.29 is 9.53 Å². The summed E-state index contributed by atoms with van der Waals surface area (Å²) in [4.78, 5) is 14.2. The highest BCUT2D eigenvalue weighted by molar-refractivity contribution is 5.96. The summed E-state index contributed by atoms with van der Waals surface area (Å²) in [6.07, 6.45) is 0.658. The molecule has 118 valence electrons. The second-order valence-electron chi connectivity index (χ2n) is 6.00. The maximum absolute atomic E-state index is 12.1. The molecule has 0 heterocycles. The molecule has 1 rings (SSSR count). The monoisotopic (exact) mass is 293 g/mol. The summed E-state index contributed by atoms with van der Waals surface area (Å²) in [6, 6.07) is 5.27. The Balaban J connectivity index is 2.86. The first-order chi connectivity index (χ1) is 9.83. The van der Waals surface area contributed by atoms with Crippen molar-refractivity contribution in [3.63, 3.8) is 0 Å². The van der Waals surface area contributed by atoms with E-state index in [0.29, 0.717) is 23.8 Å². The van der Waals surface area contributed by atoms with Crippen LogP contribution in [0.2, 0.25) is 0 Å². The summed E-state index contributed by atoms with van der Waals surface area (Å²) in [5.41, 5.74) is 7.69. The summed E-state index contributed by atoms with van der Waals surface area (Å²) in [5, 5.41) is 2.87. The van der Waals surface area contributed by atoms with Crippen LogP contribution in [0.5, 0.6) is 5.75 Å². The molecule has 5 nitrogen and oxygen atoms in total. The van der Waals surface area contributed by atoms with Crippen LogP contribution < -0.4 is 15.8 Å². The number of nitrogens with two attached hydrogens (primary N) is 1. The molecule has 5 heteroatoms. The van der Waals surface area contributed by atoms with Gasteiger partial charge in [0, 0.05) is 6.54 Å². The Morgan fingerprint density at radius 3 is 2.57 bits per heavy atom. The average Bonchev–Trinajstić information content (AvgIpc) is 2.37. The quantitative estimate of drug-likeness (QED) is 0.807. The molecule has 0 bridgehead atoms. The third-order valence-electron chi connectivity index (χ3n) is 3.08. The van der Waals surface area contributed by atoms with E-state index in [2.05, 4.69) is 10.2 Å². The fraction of sp³-hybridized carbons (Fsp3) is 0.562. The van der Waals surface area contributed by atoms with Crippen LogP contribution in [-0.2, 0) is 11.3 Å². The second-order valence-corrected chi connectivity index (χ2v) is 6.00. The Hall–Kier alpha value is -1.59. The van der Waals surface area contributed by atoms with Crippen molar-refractivity contribution in [3.05, 3.63) is 23.8 Å². The zero-order chi connectivity index (χ0) is 16.0. The van der Waals surface area contributed by atoms with E-state index in [1.54, 1.807) is 7.11 Å². The predicted octanol–water partition coefficient (Wildman–Crippen LogP) is 2.07. The Labute approximate surface area is 127 Å². The zero-order valence-electron chi connectivity index (χ0n) is 13.6. The summed E-state index contributed by atoms with van der Waals surface area (Å²) in [6.45, 7) is 4.89. The maximum Gasteiger partial charge on any atom is 0.241 e. The van der Waals surface area contributed by atoms with Crippen LogP contribution in [0, 0.1) is 5.92 Å². The van der Waals surface area contributed by atoms with Gasteiger partial charge in [-0.05, 0) is 44.1 Å². The van der Waals surface area contributed by atoms with E-state index in [1.807, 2.05) is 46.1 Å². The zero-order valence-corrected chi connectivity index (χ0v) is 13.6. The smallest absolute Gasteiger partial charge is 0.241 e. The van der Waals surface area contributed by atoms with Gasteiger partial charge in [-0.3, -0.25) is 4.79 Å². The lowest BCUT2D eigenvalue weighted by molar-refractivity contribution is -0.117. The maximum atomic E-state index is 12.1. The lowest BCUT2D eigenvalue weighted by atomic mass is 10.0. The van der Waals surface area contributed by atoms with Crippen molar-refractivity contribution in [1.82, 2.24) is 4.90 Å². The molecule has 1 aromatic rings. The molecule has 0 fully saturated rings. The molecule has 0 unspecified atom stereocenters. The van der Waals surface area contributed by atoms with Crippen molar-refractivity contribution in [2.45, 2.75) is 32.9 Å². The number of rotatable bonds is 7. The van der Waals surface area contributed by atoms with Crippen LogP contribution in [0.25, 0.3) is 0 Å². The van der Waals surface area contributed by atoms with E-state index in [4.69, 9.17) is 10.5 Å². The molecular weight excluding hydrogens is 266 g/mol. The molecule has 0 aliphatic carbocycles. The standard InChI is InChI=1S/C16H27N3O2/c1-11(2)8-13(17)16(20)18-14-9-12(10-19(3)4)6-7-15(14)21-5/h6-7,9,11,13H,8,10,17H2,1-5H3,(H,18,20)/t13-/m0/s1. The fourth-order valence-electron chi connectivity index (χ4n) is 2.16. The highest BCUT2D eigenvalue weighted by Gasteiger charge is 2.17. The van der Waals surface area contributed by atoms with Crippen LogP contribution in [0.1, 0.15) is 25.8 Å². The Bertz CT molecular complexity index is 473. The molecule has 0 aliphatic heterocycles. The molecule has 1 atom stereocenters. The Morgan fingerprint density at radius 2 is 2.05 bits per heavy atom. The number of carbonyl (C=O) groups excluding carboxylic acids is 1. The number of nitrogens with one attached hydrogen (secondary N) is 1. The summed E-state index contributed by atoms with van der Waals surface area (Å²) >= 11 is 0. The lowest BCUT2D eigenvalue weighted by Gasteiger charge is -2.17. The van der Waals surface area contributed by atoms with Gasteiger partial charge in [-0.15, -0.1) is 0 Å². The predicted molar refractivity (Wildman–Crippen MR) is 86.4 cm³/mol. The molecular formula is C16H27N3O2. The highest BCUT2D eigenvalue weighted by Crippen LogP contribution is 2.26. The minimum atomic E-state index is -0.507. The van der Waals surface area contributed by atoms with Crippen molar-refractivity contribution in [2.24, 2.45) is 11.7 Å². The van der Waals surface area contributed by atoms with Gasteiger partial charge in [-0.25, -0.2) is 0 Å². The van der Waals surface area contributed by atoms with E-state index in [9.17, 15) is 4.79 Å². The van der Waals surface area contributed by atoms with Crippen molar-refractivity contribution in [1.29, 1.82) is 0 Å². The van der Waals surface area contributed by atoms with Crippen molar-refractivity contribution in [3.8, 4) is 5.75 Å². The number of hydrogen-bond donors (Lipinski definition) is 2. The third-order valence-corrected chi connectivity index (χ3v) is 3.08. The molecule has 1 aromatic carbocycles. The molecule has 3 N–H and O–H groups in total. The van der Waals surface area contributed by atoms with Gasteiger partial charge in [-0.1, -0.05) is 19.9 Å². The normalized spacial score (nSPS) is 12.6. The summed E-state index contributed by atoms with van der Waals surface area (Å²) < 4.78 is 5.30. The molecule has 0 saturated heterocycles. The third kappa shape index (κ3) is 5.73. The number of carbonyl (C=O) groups is 1. The highest BCUT2D eigenvalue weighted by atomic mass is 16.5. The first kappa shape index (κ1) is 17.5. The van der Waals surface area contributed by atoms with Crippen LogP contribution in [0.4, 0.5) is 5.69 Å². The van der Waals surface area contributed by atoms with E-state index >= 15 is 0 Å². The molecule has 0 aliphatic rings. The fourth-order valence-corrected chi connectivity index (χ4v) is 2.16. The molecule has 0 saturated carbocycles. The first-order valence-corrected chi connectivity index (χ1v) is 7.21. The van der Waals surface area contributed by atoms with Gasteiger partial charge in [-0.2, -0.15) is 0 Å². The van der Waals surface area contributed by atoms with Crippen LogP contribution in [0.3, 0.4) is 0 Å².